The summed E-state index contributed by atoms with van der Waals surface area (Å²) < 4.78 is -1.89. The largest absolute Gasteiger partial charge is 0.335 e. The van der Waals surface area contributed by atoms with Crippen molar-refractivity contribution in [2.24, 2.45) is 0 Å². The van der Waals surface area contributed by atoms with Crippen molar-refractivity contribution in [2.75, 3.05) is 0 Å². The van der Waals surface area contributed by atoms with E-state index in [1.165, 1.54) is 0 Å². The zero-order chi connectivity index (χ0) is 11.4. The number of carbonyl (C=O) groups excluding carboxylic acids is 2. The Labute approximate surface area is 105 Å². The van der Waals surface area contributed by atoms with Crippen LogP contribution in [0.5, 0.6) is 0 Å². The van der Waals surface area contributed by atoms with E-state index >= 15 is 0 Å². The first-order valence-electron chi connectivity index (χ1n) is 3.14. The van der Waals surface area contributed by atoms with Crippen molar-refractivity contribution in [3.8, 4) is 0 Å². The first-order valence-corrected chi connectivity index (χ1v) is 5.14. The summed E-state index contributed by atoms with van der Waals surface area (Å²) in [6.07, 6.45) is -0.929. The van der Waals surface area contributed by atoms with Gasteiger partial charge in [0.15, 0.2) is 4.84 Å². The van der Waals surface area contributed by atoms with E-state index in [-0.39, 0.29) is 6.41 Å². The average molecular weight is 302 g/mol. The molecule has 9 heteroatoms. The highest BCUT2D eigenvalue weighted by Crippen LogP contribution is 2.29. The number of hydrogen-bond acceptors (Lipinski definition) is 2. The van der Waals surface area contributed by atoms with Crippen LogP contribution in [0.3, 0.4) is 0 Å². The first-order chi connectivity index (χ1) is 6.29. The standard InChI is InChI=1S/C5H5Cl5N2O2/c6-2(7)3(14)12-4(11-1-13)5(8,9)10/h1-2,4H,(H,11,13)(H,12,14). The molecular weight excluding hydrogens is 297 g/mol. The van der Waals surface area contributed by atoms with Crippen molar-refractivity contribution < 1.29 is 9.59 Å². The smallest absolute Gasteiger partial charge is 0.255 e. The first kappa shape index (κ1) is 14.4. The van der Waals surface area contributed by atoms with Gasteiger partial charge in [0.2, 0.25) is 10.2 Å². The van der Waals surface area contributed by atoms with Crippen molar-refractivity contribution in [3.05, 3.63) is 0 Å². The van der Waals surface area contributed by atoms with Crippen LogP contribution >= 0.6 is 58.0 Å². The minimum Gasteiger partial charge on any atom is -0.335 e. The van der Waals surface area contributed by atoms with E-state index < -0.39 is 20.7 Å². The SMILES string of the molecule is O=CNC(NC(=O)C(Cl)Cl)C(Cl)(Cl)Cl. The van der Waals surface area contributed by atoms with E-state index in [4.69, 9.17) is 58.0 Å². The van der Waals surface area contributed by atoms with Crippen molar-refractivity contribution in [1.29, 1.82) is 0 Å². The Bertz CT molecular complexity index is 217. The van der Waals surface area contributed by atoms with Gasteiger partial charge in [-0.3, -0.25) is 9.59 Å². The fourth-order valence-electron chi connectivity index (χ4n) is 0.491. The van der Waals surface area contributed by atoms with Gasteiger partial charge in [-0.05, 0) is 0 Å². The van der Waals surface area contributed by atoms with Crippen LogP contribution in [-0.2, 0) is 9.59 Å². The topological polar surface area (TPSA) is 58.2 Å². The lowest BCUT2D eigenvalue weighted by Gasteiger charge is -2.24. The van der Waals surface area contributed by atoms with Crippen LogP contribution in [0.1, 0.15) is 0 Å². The van der Waals surface area contributed by atoms with Gasteiger partial charge in [0.05, 0.1) is 0 Å². The summed E-state index contributed by atoms with van der Waals surface area (Å²) in [7, 11) is 0. The fraction of sp³-hybridized carbons (Fsp3) is 0.600. The molecular formula is C5H5Cl5N2O2. The van der Waals surface area contributed by atoms with Crippen LogP contribution in [0.2, 0.25) is 0 Å². The van der Waals surface area contributed by atoms with E-state index in [1.807, 2.05) is 0 Å². The highest BCUT2D eigenvalue weighted by Gasteiger charge is 2.34. The van der Waals surface area contributed by atoms with Gasteiger partial charge < -0.3 is 10.6 Å². The van der Waals surface area contributed by atoms with Gasteiger partial charge in [-0.15, -0.1) is 0 Å². The maximum atomic E-state index is 11.0. The van der Waals surface area contributed by atoms with Gasteiger partial charge in [-0.2, -0.15) is 0 Å². The summed E-state index contributed by atoms with van der Waals surface area (Å²) in [5, 5.41) is 4.20. The van der Waals surface area contributed by atoms with Gasteiger partial charge in [0, 0.05) is 0 Å². The number of hydrogen-bond donors (Lipinski definition) is 2. The zero-order valence-electron chi connectivity index (χ0n) is 6.44. The van der Waals surface area contributed by atoms with Crippen molar-refractivity contribution in [3.63, 3.8) is 0 Å². The van der Waals surface area contributed by atoms with Crippen LogP contribution in [0.4, 0.5) is 0 Å². The molecule has 0 aliphatic carbocycles. The molecule has 4 nitrogen and oxygen atoms in total. The minimum atomic E-state index is -1.89. The Balaban J connectivity index is 4.38. The fourth-order valence-corrected chi connectivity index (χ4v) is 0.970. The number of carbonyl (C=O) groups is 2. The number of alkyl halides is 5. The lowest BCUT2D eigenvalue weighted by Crippen LogP contribution is -2.54. The third kappa shape index (κ3) is 5.32. The molecule has 0 aromatic rings. The van der Waals surface area contributed by atoms with Crippen LogP contribution in [0.25, 0.3) is 0 Å². The molecule has 0 aromatic carbocycles. The lowest BCUT2D eigenvalue weighted by atomic mass is 10.5. The molecule has 0 bridgehead atoms. The van der Waals surface area contributed by atoms with Crippen LogP contribution < -0.4 is 10.6 Å². The summed E-state index contributed by atoms with van der Waals surface area (Å²) in [6.45, 7) is 0. The molecule has 0 radical (unpaired) electrons. The summed E-state index contributed by atoms with van der Waals surface area (Å²) in [4.78, 5) is 19.8. The Kier molecular flexibility index (Phi) is 6.25. The van der Waals surface area contributed by atoms with Crippen LogP contribution in [0, 0.1) is 0 Å². The van der Waals surface area contributed by atoms with Gasteiger partial charge in [0.1, 0.15) is 6.17 Å². The average Bonchev–Trinajstić information content (AvgIpc) is 2.01. The van der Waals surface area contributed by atoms with Crippen molar-refractivity contribution >= 4 is 70.3 Å². The molecule has 0 saturated heterocycles. The van der Waals surface area contributed by atoms with E-state index in [1.54, 1.807) is 0 Å². The predicted molar refractivity (Wildman–Crippen MR) is 56.9 cm³/mol. The molecule has 0 aliphatic rings. The molecule has 0 fully saturated rings. The van der Waals surface area contributed by atoms with E-state index in [0.717, 1.165) is 0 Å². The molecule has 0 aromatic heterocycles. The Hall–Kier alpha value is 0.390. The molecule has 2 N–H and O–H groups in total. The quantitative estimate of drug-likeness (QED) is 0.468. The van der Waals surface area contributed by atoms with Gasteiger partial charge in [-0.1, -0.05) is 58.0 Å². The molecule has 0 heterocycles. The van der Waals surface area contributed by atoms with E-state index in [0.29, 0.717) is 0 Å². The van der Waals surface area contributed by atoms with Gasteiger partial charge in [0.25, 0.3) is 5.91 Å². The maximum absolute atomic E-state index is 11.0. The molecule has 82 valence electrons. The van der Waals surface area contributed by atoms with Crippen LogP contribution in [0.15, 0.2) is 0 Å². The summed E-state index contributed by atoms with van der Waals surface area (Å²) in [5.41, 5.74) is 0. The summed E-state index contributed by atoms with van der Waals surface area (Å²) >= 11 is 26.8. The third-order valence-electron chi connectivity index (χ3n) is 1.05. The monoisotopic (exact) mass is 300 g/mol. The molecule has 0 spiro atoms. The second-order valence-corrected chi connectivity index (χ2v) is 5.53. The van der Waals surface area contributed by atoms with E-state index in [2.05, 4.69) is 10.6 Å². The maximum Gasteiger partial charge on any atom is 0.255 e. The normalized spacial score (nSPS) is 13.6. The second-order valence-electron chi connectivity index (χ2n) is 2.07. The third-order valence-corrected chi connectivity index (χ3v) is 2.10. The number of nitrogens with one attached hydrogen (secondary N) is 2. The molecule has 1 unspecified atom stereocenters. The second kappa shape index (κ2) is 6.08. The van der Waals surface area contributed by atoms with Gasteiger partial charge >= 0.3 is 0 Å². The molecule has 2 amide bonds. The number of amides is 2. The van der Waals surface area contributed by atoms with Crippen molar-refractivity contribution in [2.45, 2.75) is 14.8 Å². The van der Waals surface area contributed by atoms with Gasteiger partial charge in [-0.25, -0.2) is 0 Å². The highest BCUT2D eigenvalue weighted by atomic mass is 35.6. The Morgan fingerprint density at radius 2 is 1.79 bits per heavy atom. The molecule has 0 rings (SSSR count). The van der Waals surface area contributed by atoms with E-state index in [9.17, 15) is 9.59 Å². The number of halogens is 5. The van der Waals surface area contributed by atoms with Crippen molar-refractivity contribution in [1.82, 2.24) is 10.6 Å². The highest BCUT2D eigenvalue weighted by molar-refractivity contribution is 6.68. The summed E-state index contributed by atoms with van der Waals surface area (Å²) in [5.74, 6) is -0.779. The Morgan fingerprint density at radius 3 is 2.07 bits per heavy atom. The Morgan fingerprint density at radius 1 is 1.29 bits per heavy atom. The summed E-state index contributed by atoms with van der Waals surface area (Å²) in [6, 6.07) is 0. The molecule has 0 saturated carbocycles. The lowest BCUT2D eigenvalue weighted by molar-refractivity contribution is -0.120. The minimum absolute atomic E-state index is 0.268. The zero-order valence-corrected chi connectivity index (χ0v) is 10.2. The van der Waals surface area contributed by atoms with Crippen LogP contribution in [-0.4, -0.2) is 27.1 Å². The predicted octanol–water partition coefficient (Wildman–Crippen LogP) is 1.35. The molecule has 14 heavy (non-hydrogen) atoms. The molecule has 1 atom stereocenters. The number of rotatable bonds is 4. The molecule has 0 aliphatic heterocycles.